The highest BCUT2D eigenvalue weighted by Crippen LogP contribution is 2.39. The maximum absolute atomic E-state index is 5.22. The summed E-state index contributed by atoms with van der Waals surface area (Å²) in [6, 6.07) is 75.4. The zero-order chi connectivity index (χ0) is 44.1. The lowest BCUT2D eigenvalue weighted by Gasteiger charge is -2.15. The number of rotatable bonds is 10. The van der Waals surface area contributed by atoms with E-state index in [1.165, 1.54) is 0 Å². The molecule has 0 unspecified atom stereocenters. The fourth-order valence-electron chi connectivity index (χ4n) is 8.36. The Labute approximate surface area is 383 Å². The van der Waals surface area contributed by atoms with E-state index >= 15 is 0 Å². The molecule has 0 atom stereocenters. The van der Waals surface area contributed by atoms with Gasteiger partial charge >= 0.3 is 0 Å². The molecule has 0 bridgehead atoms. The van der Waals surface area contributed by atoms with E-state index < -0.39 is 0 Å². The highest BCUT2D eigenvalue weighted by molar-refractivity contribution is 5.89. The van der Waals surface area contributed by atoms with E-state index in [0.717, 1.165) is 101 Å². The van der Waals surface area contributed by atoms with Crippen LogP contribution in [-0.4, -0.2) is 29.9 Å². The topological polar surface area (TPSA) is 77.3 Å². The van der Waals surface area contributed by atoms with Crippen molar-refractivity contribution in [3.63, 3.8) is 0 Å². The average Bonchev–Trinajstić information content (AvgIpc) is 3.42. The van der Waals surface area contributed by atoms with Crippen molar-refractivity contribution in [3.05, 3.63) is 243 Å². The molecule has 0 saturated carbocycles. The Balaban J connectivity index is 1.01. The number of benzene rings is 7. The van der Waals surface area contributed by atoms with Gasteiger partial charge in [0, 0.05) is 63.7 Å². The monoisotopic (exact) mass is 844 g/mol. The van der Waals surface area contributed by atoms with Crippen LogP contribution in [0.25, 0.3) is 112 Å². The van der Waals surface area contributed by atoms with Gasteiger partial charge in [-0.3, -0.25) is 9.97 Å². The normalized spacial score (nSPS) is 11.0. The van der Waals surface area contributed by atoms with Gasteiger partial charge in [0.2, 0.25) is 0 Å². The van der Waals surface area contributed by atoms with Gasteiger partial charge in [-0.05, 0) is 93.5 Å². The number of hydrogen-bond donors (Lipinski definition) is 0. The molecule has 11 aromatic rings. The maximum Gasteiger partial charge on any atom is 0.160 e. The minimum absolute atomic E-state index is 0.653. The second-order valence-electron chi connectivity index (χ2n) is 16.0. The van der Waals surface area contributed by atoms with Crippen molar-refractivity contribution in [3.8, 4) is 112 Å². The fourth-order valence-corrected chi connectivity index (χ4v) is 8.36. The minimum Gasteiger partial charge on any atom is -0.265 e. The number of aromatic nitrogens is 6. The van der Waals surface area contributed by atoms with Crippen LogP contribution in [0.5, 0.6) is 0 Å². The number of nitrogens with zero attached hydrogens (tertiary/aromatic N) is 6. The summed E-state index contributed by atoms with van der Waals surface area (Å²) in [6.07, 6.45) is 7.37. The third kappa shape index (κ3) is 8.42. The van der Waals surface area contributed by atoms with E-state index in [0.29, 0.717) is 11.6 Å². The molecule has 0 aliphatic rings. The third-order valence-corrected chi connectivity index (χ3v) is 11.7. The first-order chi connectivity index (χ1) is 32.7. The highest BCUT2D eigenvalue weighted by atomic mass is 14.9. The Morgan fingerprint density at radius 2 is 0.652 bits per heavy atom. The van der Waals surface area contributed by atoms with Crippen LogP contribution in [0, 0.1) is 0 Å². The summed E-state index contributed by atoms with van der Waals surface area (Å²) in [4.78, 5) is 29.3. The molecule has 11 rings (SSSR count). The Morgan fingerprint density at radius 1 is 0.212 bits per heavy atom. The van der Waals surface area contributed by atoms with Crippen molar-refractivity contribution in [1.82, 2.24) is 29.9 Å². The third-order valence-electron chi connectivity index (χ3n) is 11.7. The van der Waals surface area contributed by atoms with Gasteiger partial charge in [-0.15, -0.1) is 0 Å². The molecular weight excluding hydrogens is 805 g/mol. The van der Waals surface area contributed by atoms with Crippen molar-refractivity contribution in [2.24, 2.45) is 0 Å². The molecule has 0 saturated heterocycles. The summed E-state index contributed by atoms with van der Waals surface area (Å²) >= 11 is 0. The van der Waals surface area contributed by atoms with Crippen molar-refractivity contribution in [2.75, 3.05) is 0 Å². The van der Waals surface area contributed by atoms with Crippen LogP contribution in [0.2, 0.25) is 0 Å². The molecule has 4 aromatic heterocycles. The Morgan fingerprint density at radius 3 is 1.29 bits per heavy atom. The molecule has 0 radical (unpaired) electrons. The highest BCUT2D eigenvalue weighted by Gasteiger charge is 2.17. The molecule has 310 valence electrons. The molecule has 66 heavy (non-hydrogen) atoms. The van der Waals surface area contributed by atoms with Crippen molar-refractivity contribution in [1.29, 1.82) is 0 Å². The first-order valence-electron chi connectivity index (χ1n) is 21.9. The molecule has 4 heterocycles. The van der Waals surface area contributed by atoms with Gasteiger partial charge in [0.25, 0.3) is 0 Å². The lowest BCUT2D eigenvalue weighted by atomic mass is 9.90. The predicted molar refractivity (Wildman–Crippen MR) is 268 cm³/mol. The molecule has 6 heteroatoms. The van der Waals surface area contributed by atoms with Gasteiger partial charge in [-0.1, -0.05) is 164 Å². The van der Waals surface area contributed by atoms with Gasteiger partial charge in [-0.25, -0.2) is 19.9 Å². The van der Waals surface area contributed by atoms with E-state index in [-0.39, 0.29) is 0 Å². The van der Waals surface area contributed by atoms with Crippen molar-refractivity contribution < 1.29 is 0 Å². The van der Waals surface area contributed by atoms with Gasteiger partial charge < -0.3 is 0 Å². The van der Waals surface area contributed by atoms with Crippen LogP contribution in [0.3, 0.4) is 0 Å². The van der Waals surface area contributed by atoms with Crippen LogP contribution >= 0.6 is 0 Å². The molecule has 0 spiro atoms. The standard InChI is InChI=1S/C60H40N6/c1-4-14-43(15-5-1)55-38-57(48-21-12-20-47(34-48)42-29-32-61-33-30-42)65-60(63-55)46-27-25-41(26-28-46)50-35-51(49-22-13-31-62-40-49)37-52(36-50)53-23-10-11-24-54(53)58-39-56(44-16-6-2-7-17-44)64-59(66-58)45-18-8-3-9-19-45/h1-40H. The van der Waals surface area contributed by atoms with E-state index in [1.54, 1.807) is 0 Å². The van der Waals surface area contributed by atoms with E-state index in [2.05, 4.69) is 156 Å². The largest absolute Gasteiger partial charge is 0.265 e. The summed E-state index contributed by atoms with van der Waals surface area (Å²) in [5.74, 6) is 1.33. The molecule has 0 amide bonds. The summed E-state index contributed by atoms with van der Waals surface area (Å²) in [5, 5.41) is 0. The zero-order valence-electron chi connectivity index (χ0n) is 35.8. The van der Waals surface area contributed by atoms with Gasteiger partial charge in [0.15, 0.2) is 11.6 Å². The SMILES string of the molecule is c1ccc(-c2cc(-c3cccc(-c4ccncc4)c3)nc(-c3ccc(-c4cc(-c5cccnc5)cc(-c5ccccc5-c5cc(-c6ccccc6)nc(-c6ccccc6)n5)c4)cc3)n2)cc1. The average molecular weight is 845 g/mol. The Bertz CT molecular complexity index is 3380. The fraction of sp³-hybridized carbons (Fsp3) is 0. The predicted octanol–water partition coefficient (Wildman–Crippen LogP) is 14.7. The van der Waals surface area contributed by atoms with Crippen LogP contribution in [0.4, 0.5) is 0 Å². The van der Waals surface area contributed by atoms with Gasteiger partial charge in [0.1, 0.15) is 0 Å². The summed E-state index contributed by atoms with van der Waals surface area (Å²) in [7, 11) is 0. The Hall–Kier alpha value is -9.00. The van der Waals surface area contributed by atoms with Crippen LogP contribution < -0.4 is 0 Å². The van der Waals surface area contributed by atoms with E-state index in [4.69, 9.17) is 19.9 Å². The smallest absolute Gasteiger partial charge is 0.160 e. The summed E-state index contributed by atoms with van der Waals surface area (Å²) < 4.78 is 0. The summed E-state index contributed by atoms with van der Waals surface area (Å²) in [5.41, 5.74) is 17.9. The van der Waals surface area contributed by atoms with Gasteiger partial charge in [0.05, 0.1) is 22.8 Å². The molecule has 0 fully saturated rings. The number of pyridine rings is 2. The quantitative estimate of drug-likeness (QED) is 0.136. The van der Waals surface area contributed by atoms with Crippen molar-refractivity contribution >= 4 is 0 Å². The van der Waals surface area contributed by atoms with E-state index in [9.17, 15) is 0 Å². The number of hydrogen-bond acceptors (Lipinski definition) is 6. The zero-order valence-corrected chi connectivity index (χ0v) is 35.8. The Kier molecular flexibility index (Phi) is 10.9. The molecule has 0 aliphatic carbocycles. The molecule has 7 aromatic carbocycles. The second-order valence-corrected chi connectivity index (χ2v) is 16.0. The minimum atomic E-state index is 0.653. The first-order valence-corrected chi connectivity index (χ1v) is 21.9. The second kappa shape index (κ2) is 18.0. The lowest BCUT2D eigenvalue weighted by Crippen LogP contribution is -1.97. The maximum atomic E-state index is 5.22. The molecule has 6 nitrogen and oxygen atoms in total. The van der Waals surface area contributed by atoms with Crippen molar-refractivity contribution in [2.45, 2.75) is 0 Å². The van der Waals surface area contributed by atoms with Crippen LogP contribution in [0.1, 0.15) is 0 Å². The molecular formula is C60H40N6. The molecule has 0 N–H and O–H groups in total. The van der Waals surface area contributed by atoms with Gasteiger partial charge in [-0.2, -0.15) is 0 Å². The van der Waals surface area contributed by atoms with Crippen LogP contribution in [0.15, 0.2) is 243 Å². The van der Waals surface area contributed by atoms with E-state index in [1.807, 2.05) is 97.6 Å². The molecule has 0 aliphatic heterocycles. The lowest BCUT2D eigenvalue weighted by molar-refractivity contribution is 1.18. The summed E-state index contributed by atoms with van der Waals surface area (Å²) in [6.45, 7) is 0. The van der Waals surface area contributed by atoms with Crippen LogP contribution in [-0.2, 0) is 0 Å². The first kappa shape index (κ1) is 39.8.